The molecule has 0 unspecified atom stereocenters. The first-order valence-electron chi connectivity index (χ1n) is 22.1. The summed E-state index contributed by atoms with van der Waals surface area (Å²) in [6, 6.07) is 39.4. The van der Waals surface area contributed by atoms with Crippen LogP contribution in [0.1, 0.15) is 99.1 Å². The number of fused-ring (bicyclic) bond motifs is 4. The molecule has 5 heteroatoms. The standard InChI is InChI=1S/C25H25N2.C24H24NO.Ir/c1-17(2)20-13-10-14-21(18(3)4)24(20)27-23-16-9-8-15-22(23)26-25(27)19-11-6-5-7-12-19;1-15-8-6-9-18-19-10-7-11-20(23(19)26-22(15)18)21-12-17(13-24(3,4)5)16(2)14-25-21;/h5-11,13-18H,1-4H3;6-10,12,14H,13H2,1-5H3;/q2*-1;/i;1D3,2D3,13D2;. The van der Waals surface area contributed by atoms with Gasteiger partial charge in [0.05, 0.1) is 22.4 Å². The predicted octanol–water partition coefficient (Wildman–Crippen LogP) is 13.4. The Morgan fingerprint density at radius 3 is 2.17 bits per heavy atom. The van der Waals surface area contributed by atoms with E-state index in [-0.39, 0.29) is 48.1 Å². The van der Waals surface area contributed by atoms with Crippen molar-refractivity contribution in [1.29, 1.82) is 0 Å². The van der Waals surface area contributed by atoms with Crippen molar-refractivity contribution >= 4 is 33.0 Å². The second kappa shape index (κ2) is 15.9. The van der Waals surface area contributed by atoms with Gasteiger partial charge >= 0.3 is 0 Å². The molecule has 3 aromatic heterocycles. The fraction of sp³-hybridized carbons (Fsp3) is 0.265. The van der Waals surface area contributed by atoms with Crippen LogP contribution in [0.25, 0.3) is 61.3 Å². The van der Waals surface area contributed by atoms with Gasteiger partial charge in [-0.25, -0.2) is 0 Å². The van der Waals surface area contributed by atoms with Gasteiger partial charge in [0.15, 0.2) is 0 Å². The minimum Gasteiger partial charge on any atom is -0.500 e. The maximum atomic E-state index is 8.74. The molecule has 0 aliphatic carbocycles. The van der Waals surface area contributed by atoms with E-state index in [1.807, 2.05) is 18.2 Å². The third-order valence-corrected chi connectivity index (χ3v) is 9.21. The summed E-state index contributed by atoms with van der Waals surface area (Å²) in [7, 11) is 0. The van der Waals surface area contributed by atoms with Gasteiger partial charge in [0.1, 0.15) is 5.58 Å². The molecule has 5 aromatic carbocycles. The Hall–Kier alpha value is -4.83. The molecule has 0 saturated carbocycles. The van der Waals surface area contributed by atoms with Crippen molar-refractivity contribution in [3.8, 4) is 28.3 Å². The number of rotatable bonds is 6. The van der Waals surface area contributed by atoms with Gasteiger partial charge in [-0.05, 0) is 77.4 Å². The fourth-order valence-electron chi connectivity index (χ4n) is 6.79. The van der Waals surface area contributed by atoms with Crippen molar-refractivity contribution < 1.29 is 35.5 Å². The Morgan fingerprint density at radius 1 is 0.778 bits per heavy atom. The van der Waals surface area contributed by atoms with Crippen LogP contribution in [0.15, 0.2) is 114 Å². The second-order valence-electron chi connectivity index (χ2n) is 15.0. The van der Waals surface area contributed by atoms with Gasteiger partial charge in [-0.2, -0.15) is 0 Å². The van der Waals surface area contributed by atoms with E-state index in [0.29, 0.717) is 33.8 Å². The number of para-hydroxylation sites is 4. The van der Waals surface area contributed by atoms with Gasteiger partial charge in [-0.3, -0.25) is 4.98 Å². The molecule has 0 N–H and O–H groups in total. The number of benzene rings is 5. The predicted molar refractivity (Wildman–Crippen MR) is 222 cm³/mol. The number of hydrogen-bond acceptors (Lipinski definition) is 3. The monoisotopic (exact) mass is 896 g/mol. The van der Waals surface area contributed by atoms with Crippen molar-refractivity contribution in [3.05, 3.63) is 149 Å². The number of aryl methyl sites for hydroxylation is 2. The van der Waals surface area contributed by atoms with E-state index in [2.05, 4.69) is 97.9 Å². The zero-order valence-electron chi connectivity index (χ0n) is 39.6. The van der Waals surface area contributed by atoms with Crippen molar-refractivity contribution in [2.45, 2.75) is 80.4 Å². The molecule has 8 aromatic rings. The van der Waals surface area contributed by atoms with E-state index in [1.54, 1.807) is 45.0 Å². The maximum Gasteiger partial charge on any atom is 0.123 e. The molecule has 0 aliphatic heterocycles. The quantitative estimate of drug-likeness (QED) is 0.156. The Labute approximate surface area is 345 Å². The Bertz CT molecular complexity index is 2840. The van der Waals surface area contributed by atoms with Crippen molar-refractivity contribution in [3.63, 3.8) is 0 Å². The second-order valence-corrected chi connectivity index (χ2v) is 15.0. The molecule has 4 nitrogen and oxygen atoms in total. The third-order valence-electron chi connectivity index (χ3n) is 9.21. The zero-order valence-corrected chi connectivity index (χ0v) is 34.0. The molecule has 1 radical (unpaired) electrons. The van der Waals surface area contributed by atoms with Crippen LogP contribution >= 0.6 is 0 Å². The van der Waals surface area contributed by atoms with Gasteiger partial charge in [0.2, 0.25) is 0 Å². The first kappa shape index (κ1) is 29.5. The smallest absolute Gasteiger partial charge is 0.123 e. The van der Waals surface area contributed by atoms with Crippen LogP contribution in [0.3, 0.4) is 0 Å². The van der Waals surface area contributed by atoms with Gasteiger partial charge in [0, 0.05) is 48.3 Å². The SMILES string of the molecule is CC(C)c1cccc(C(C)C)c1-n1c(-c2[c-]cccc2)nc2ccccc21.[2H]C([2H])([2H])c1cnc(-c2[c-]ccc3c2oc2c(C([2H])([2H])[2H])cccc23)cc1C([2H])([2H])C(C)(C)C.[Ir]. The van der Waals surface area contributed by atoms with Crippen LogP contribution in [0, 0.1) is 31.3 Å². The number of imidazole rings is 1. The normalized spacial score (nSPS) is 14.6. The van der Waals surface area contributed by atoms with E-state index < -0.39 is 25.5 Å². The summed E-state index contributed by atoms with van der Waals surface area (Å²) in [5.41, 5.74) is 7.47. The molecule has 8 rings (SSSR count). The summed E-state index contributed by atoms with van der Waals surface area (Å²) in [5, 5.41) is 1.29. The molecule has 0 aliphatic rings. The minimum atomic E-state index is -2.55. The molecule has 0 fully saturated rings. The maximum absolute atomic E-state index is 8.74. The van der Waals surface area contributed by atoms with Crippen LogP contribution in [0.5, 0.6) is 0 Å². The van der Waals surface area contributed by atoms with E-state index in [0.717, 1.165) is 22.4 Å². The van der Waals surface area contributed by atoms with Crippen LogP contribution < -0.4 is 0 Å². The molecular formula is C49H49IrN3O-2. The van der Waals surface area contributed by atoms with E-state index in [1.165, 1.54) is 35.1 Å². The average Bonchev–Trinajstić information content (AvgIpc) is 3.79. The molecule has 0 atom stereocenters. The number of furan rings is 1. The minimum absolute atomic E-state index is 0. The fourth-order valence-corrected chi connectivity index (χ4v) is 6.79. The number of aromatic nitrogens is 3. The molecule has 0 spiro atoms. The van der Waals surface area contributed by atoms with Crippen molar-refractivity contribution in [2.24, 2.45) is 5.41 Å². The van der Waals surface area contributed by atoms with E-state index in [9.17, 15) is 0 Å². The summed E-state index contributed by atoms with van der Waals surface area (Å²) < 4.78 is 73.1. The summed E-state index contributed by atoms with van der Waals surface area (Å²) in [5.74, 6) is 1.80. The topological polar surface area (TPSA) is 43.9 Å². The summed E-state index contributed by atoms with van der Waals surface area (Å²) in [4.78, 5) is 9.33. The average molecular weight is 896 g/mol. The van der Waals surface area contributed by atoms with E-state index >= 15 is 0 Å². The Morgan fingerprint density at radius 2 is 1.48 bits per heavy atom. The van der Waals surface area contributed by atoms with Crippen LogP contribution in [-0.2, 0) is 26.5 Å². The largest absolute Gasteiger partial charge is 0.500 e. The summed E-state index contributed by atoms with van der Waals surface area (Å²) in [6.45, 7) is 9.24. The van der Waals surface area contributed by atoms with Crippen LogP contribution in [0.4, 0.5) is 0 Å². The molecule has 0 amide bonds. The number of pyridine rings is 1. The van der Waals surface area contributed by atoms with Gasteiger partial charge < -0.3 is 14.0 Å². The molecule has 0 saturated heterocycles. The van der Waals surface area contributed by atoms with Gasteiger partial charge in [-0.1, -0.05) is 120 Å². The third kappa shape index (κ3) is 7.71. The summed E-state index contributed by atoms with van der Waals surface area (Å²) in [6.07, 6.45) is -0.797. The van der Waals surface area contributed by atoms with Gasteiger partial charge in [0.25, 0.3) is 0 Å². The Balaban J connectivity index is 0.000000209. The zero-order chi connectivity index (χ0) is 44.2. The number of hydrogen-bond donors (Lipinski definition) is 0. The van der Waals surface area contributed by atoms with Crippen molar-refractivity contribution in [1.82, 2.24) is 14.5 Å². The molecule has 54 heavy (non-hydrogen) atoms. The first-order valence-corrected chi connectivity index (χ1v) is 18.1. The molecular weight excluding hydrogens is 839 g/mol. The van der Waals surface area contributed by atoms with Crippen LogP contribution in [-0.4, -0.2) is 14.5 Å². The van der Waals surface area contributed by atoms with Crippen LogP contribution in [0.2, 0.25) is 0 Å². The van der Waals surface area contributed by atoms with Crippen molar-refractivity contribution in [2.75, 3.05) is 0 Å². The molecule has 277 valence electrons. The van der Waals surface area contributed by atoms with Gasteiger partial charge in [-0.15, -0.1) is 54.1 Å². The van der Waals surface area contributed by atoms with E-state index in [4.69, 9.17) is 20.4 Å². The number of nitrogens with zero attached hydrogens (tertiary/aromatic N) is 3. The summed E-state index contributed by atoms with van der Waals surface area (Å²) >= 11 is 0. The first-order chi connectivity index (χ1) is 28.6. The molecule has 3 heterocycles. The Kier molecular flexibility index (Phi) is 8.68. The molecule has 0 bridgehead atoms.